The molecule has 6 nitrogen and oxygen atoms in total. The van der Waals surface area contributed by atoms with Gasteiger partial charge in [0.05, 0.1) is 11.2 Å². The first kappa shape index (κ1) is 17.5. The lowest BCUT2D eigenvalue weighted by atomic mass is 10.2. The molecular weight excluding hydrogens is 328 g/mol. The number of carbonyl (C=O) groups excluding carboxylic acids is 2. The molecule has 0 bridgehead atoms. The summed E-state index contributed by atoms with van der Waals surface area (Å²) in [5.74, 6) is -0.342. The van der Waals surface area contributed by atoms with Crippen LogP contribution in [-0.2, 0) is 0 Å². The minimum atomic E-state index is -0.387. The highest BCUT2D eigenvalue weighted by Crippen LogP contribution is 2.21. The summed E-state index contributed by atoms with van der Waals surface area (Å²) < 4.78 is 0. The zero-order chi connectivity index (χ0) is 18.5. The van der Waals surface area contributed by atoms with Gasteiger partial charge in [0.2, 0.25) is 0 Å². The summed E-state index contributed by atoms with van der Waals surface area (Å²) in [4.78, 5) is 33.2. The maximum absolute atomic E-state index is 12.6. The Morgan fingerprint density at radius 3 is 2.42 bits per heavy atom. The van der Waals surface area contributed by atoms with E-state index in [2.05, 4.69) is 20.6 Å². The second-order valence-electron chi connectivity index (χ2n) is 6.35. The Morgan fingerprint density at radius 1 is 0.962 bits per heavy atom. The quantitative estimate of drug-likeness (QED) is 0.741. The van der Waals surface area contributed by atoms with Gasteiger partial charge in [-0.15, -0.1) is 0 Å². The van der Waals surface area contributed by atoms with E-state index in [-0.39, 0.29) is 23.2 Å². The monoisotopic (exact) mass is 348 g/mol. The van der Waals surface area contributed by atoms with Crippen LogP contribution in [0.3, 0.4) is 0 Å². The van der Waals surface area contributed by atoms with Gasteiger partial charge >= 0.3 is 0 Å². The number of pyridine rings is 2. The Labute approximate surface area is 151 Å². The predicted octanol–water partition coefficient (Wildman–Crippen LogP) is 3.27. The molecule has 0 fully saturated rings. The Bertz CT molecular complexity index is 948. The molecule has 0 unspecified atom stereocenters. The SMILES string of the molecule is CC(C)CNC(=O)c1cccc(C(=O)Nc2cccc3cccnc23)n1. The van der Waals surface area contributed by atoms with Crippen molar-refractivity contribution in [2.75, 3.05) is 11.9 Å². The first-order valence-electron chi connectivity index (χ1n) is 8.45. The number of carbonyl (C=O) groups is 2. The lowest BCUT2D eigenvalue weighted by Crippen LogP contribution is -2.28. The molecule has 1 aromatic carbocycles. The molecule has 0 aliphatic carbocycles. The summed E-state index contributed by atoms with van der Waals surface area (Å²) in [5, 5.41) is 6.55. The molecule has 0 radical (unpaired) electrons. The predicted molar refractivity (Wildman–Crippen MR) is 101 cm³/mol. The Hall–Kier alpha value is -3.28. The topological polar surface area (TPSA) is 84.0 Å². The van der Waals surface area contributed by atoms with Gasteiger partial charge in [0.25, 0.3) is 11.8 Å². The van der Waals surface area contributed by atoms with Gasteiger partial charge in [-0.3, -0.25) is 14.6 Å². The average molecular weight is 348 g/mol. The van der Waals surface area contributed by atoms with Gasteiger partial charge in [0.15, 0.2) is 0 Å². The van der Waals surface area contributed by atoms with E-state index in [4.69, 9.17) is 0 Å². The lowest BCUT2D eigenvalue weighted by Gasteiger charge is -2.09. The molecule has 6 heteroatoms. The number of amides is 2. The van der Waals surface area contributed by atoms with Crippen molar-refractivity contribution < 1.29 is 9.59 Å². The van der Waals surface area contributed by atoms with Crippen molar-refractivity contribution in [3.8, 4) is 0 Å². The fourth-order valence-electron chi connectivity index (χ4n) is 2.47. The third kappa shape index (κ3) is 4.03. The molecule has 3 aromatic rings. The van der Waals surface area contributed by atoms with E-state index < -0.39 is 0 Å². The Balaban J connectivity index is 1.80. The molecule has 0 saturated heterocycles. The van der Waals surface area contributed by atoms with Crippen molar-refractivity contribution >= 4 is 28.4 Å². The van der Waals surface area contributed by atoms with E-state index in [1.165, 1.54) is 0 Å². The molecule has 2 heterocycles. The summed E-state index contributed by atoms with van der Waals surface area (Å²) >= 11 is 0. The van der Waals surface area contributed by atoms with E-state index in [9.17, 15) is 9.59 Å². The number of nitrogens with one attached hydrogen (secondary N) is 2. The van der Waals surface area contributed by atoms with Crippen molar-refractivity contribution in [2.24, 2.45) is 5.92 Å². The van der Waals surface area contributed by atoms with Crippen LogP contribution in [0.2, 0.25) is 0 Å². The van der Waals surface area contributed by atoms with E-state index >= 15 is 0 Å². The van der Waals surface area contributed by atoms with Gasteiger partial charge in [0, 0.05) is 18.1 Å². The Morgan fingerprint density at radius 2 is 1.65 bits per heavy atom. The van der Waals surface area contributed by atoms with Crippen LogP contribution in [0.4, 0.5) is 5.69 Å². The number of fused-ring (bicyclic) bond motifs is 1. The zero-order valence-corrected chi connectivity index (χ0v) is 14.7. The first-order valence-corrected chi connectivity index (χ1v) is 8.45. The van der Waals surface area contributed by atoms with Crippen LogP contribution in [0.25, 0.3) is 10.9 Å². The van der Waals surface area contributed by atoms with Crippen LogP contribution in [0, 0.1) is 5.92 Å². The van der Waals surface area contributed by atoms with Crippen molar-refractivity contribution in [2.45, 2.75) is 13.8 Å². The molecule has 0 saturated carbocycles. The molecular formula is C20H20N4O2. The number of hydrogen-bond donors (Lipinski definition) is 2. The minimum Gasteiger partial charge on any atom is -0.350 e. The maximum atomic E-state index is 12.6. The molecule has 2 N–H and O–H groups in total. The van der Waals surface area contributed by atoms with E-state index in [0.717, 1.165) is 5.39 Å². The molecule has 0 atom stereocenters. The summed E-state index contributed by atoms with van der Waals surface area (Å²) in [6.45, 7) is 4.57. The fourth-order valence-corrected chi connectivity index (χ4v) is 2.47. The van der Waals surface area contributed by atoms with Crippen molar-refractivity contribution in [3.63, 3.8) is 0 Å². The number of para-hydroxylation sites is 1. The summed E-state index contributed by atoms with van der Waals surface area (Å²) in [6.07, 6.45) is 1.68. The number of aromatic nitrogens is 2. The van der Waals surface area contributed by atoms with Crippen LogP contribution in [0.5, 0.6) is 0 Å². The minimum absolute atomic E-state index is 0.176. The third-order valence-electron chi connectivity index (χ3n) is 3.77. The number of rotatable bonds is 5. The largest absolute Gasteiger partial charge is 0.350 e. The van der Waals surface area contributed by atoms with E-state index in [1.807, 2.05) is 38.1 Å². The van der Waals surface area contributed by atoms with Gasteiger partial charge in [-0.1, -0.05) is 38.1 Å². The molecule has 0 spiro atoms. The molecule has 2 amide bonds. The summed E-state index contributed by atoms with van der Waals surface area (Å²) in [5.41, 5.74) is 1.70. The molecule has 3 rings (SSSR count). The standard InChI is InChI=1S/C20H20N4O2/c1-13(2)12-22-19(25)16-9-4-10-17(23-16)20(26)24-15-8-3-6-14-7-5-11-21-18(14)15/h3-11,13H,12H2,1-2H3,(H,22,25)(H,24,26). The van der Waals surface area contributed by atoms with E-state index in [0.29, 0.717) is 23.7 Å². The van der Waals surface area contributed by atoms with Gasteiger partial charge < -0.3 is 10.6 Å². The highest BCUT2D eigenvalue weighted by molar-refractivity contribution is 6.07. The van der Waals surface area contributed by atoms with Crippen LogP contribution in [-0.4, -0.2) is 28.3 Å². The molecule has 26 heavy (non-hydrogen) atoms. The summed E-state index contributed by atoms with van der Waals surface area (Å²) in [7, 11) is 0. The van der Waals surface area contributed by atoms with Crippen LogP contribution < -0.4 is 10.6 Å². The highest BCUT2D eigenvalue weighted by Gasteiger charge is 2.14. The van der Waals surface area contributed by atoms with Crippen LogP contribution in [0.15, 0.2) is 54.7 Å². The molecule has 0 aliphatic rings. The second kappa shape index (κ2) is 7.74. The van der Waals surface area contributed by atoms with E-state index in [1.54, 1.807) is 30.5 Å². The van der Waals surface area contributed by atoms with Gasteiger partial charge in [-0.25, -0.2) is 4.98 Å². The average Bonchev–Trinajstić information content (AvgIpc) is 2.66. The second-order valence-corrected chi connectivity index (χ2v) is 6.35. The molecule has 2 aromatic heterocycles. The van der Waals surface area contributed by atoms with Crippen molar-refractivity contribution in [1.29, 1.82) is 0 Å². The normalized spacial score (nSPS) is 10.7. The molecule has 0 aliphatic heterocycles. The number of nitrogens with zero attached hydrogens (tertiary/aromatic N) is 2. The number of hydrogen-bond acceptors (Lipinski definition) is 4. The van der Waals surface area contributed by atoms with Crippen LogP contribution >= 0.6 is 0 Å². The molecule has 132 valence electrons. The Kier molecular flexibility index (Phi) is 5.22. The van der Waals surface area contributed by atoms with Gasteiger partial charge in [-0.05, 0) is 30.2 Å². The summed E-state index contributed by atoms with van der Waals surface area (Å²) in [6, 6.07) is 14.1. The van der Waals surface area contributed by atoms with Crippen LogP contribution in [0.1, 0.15) is 34.8 Å². The highest BCUT2D eigenvalue weighted by atomic mass is 16.2. The van der Waals surface area contributed by atoms with Crippen molar-refractivity contribution in [3.05, 3.63) is 66.1 Å². The van der Waals surface area contributed by atoms with Crippen molar-refractivity contribution in [1.82, 2.24) is 15.3 Å². The first-order chi connectivity index (χ1) is 12.5. The number of benzene rings is 1. The maximum Gasteiger partial charge on any atom is 0.274 e. The fraction of sp³-hybridized carbons (Fsp3) is 0.200. The van der Waals surface area contributed by atoms with Gasteiger partial charge in [0.1, 0.15) is 11.4 Å². The third-order valence-corrected chi connectivity index (χ3v) is 3.77. The smallest absolute Gasteiger partial charge is 0.274 e. The zero-order valence-electron chi connectivity index (χ0n) is 14.7. The van der Waals surface area contributed by atoms with Gasteiger partial charge in [-0.2, -0.15) is 0 Å². The number of anilines is 1. The lowest BCUT2D eigenvalue weighted by molar-refractivity contribution is 0.0944.